The first-order valence-electron chi connectivity index (χ1n) is 7.88. The molecule has 0 bridgehead atoms. The minimum atomic E-state index is -0.207. The number of nitrogens with one attached hydrogen (secondary N) is 1. The van der Waals surface area contributed by atoms with Gasteiger partial charge in [0.2, 0.25) is 5.91 Å². The Hall–Kier alpha value is -2.95. The fraction of sp³-hybridized carbons (Fsp3) is 0.211. The Bertz CT molecular complexity index is 930. The molecule has 0 saturated heterocycles. The van der Waals surface area contributed by atoms with Gasteiger partial charge < -0.3 is 9.73 Å². The minimum Gasteiger partial charge on any atom is -0.451 e. The number of ketones is 1. The molecule has 5 nitrogen and oxygen atoms in total. The van der Waals surface area contributed by atoms with Gasteiger partial charge in [-0.2, -0.15) is 0 Å². The monoisotopic (exact) mass is 320 g/mol. The molecule has 2 heterocycles. The molecule has 0 radical (unpaired) electrons. The molecule has 120 valence electrons. The van der Waals surface area contributed by atoms with E-state index in [-0.39, 0.29) is 29.3 Å². The van der Waals surface area contributed by atoms with E-state index in [1.807, 2.05) is 30.3 Å². The number of fused-ring (bicyclic) bond motifs is 1. The quantitative estimate of drug-likeness (QED) is 0.743. The number of furan rings is 1. The Labute approximate surface area is 138 Å². The fourth-order valence-electron chi connectivity index (χ4n) is 3.08. The van der Waals surface area contributed by atoms with Gasteiger partial charge >= 0.3 is 0 Å². The lowest BCUT2D eigenvalue weighted by Crippen LogP contribution is -2.16. The fourth-order valence-corrected chi connectivity index (χ4v) is 3.08. The van der Waals surface area contributed by atoms with E-state index < -0.39 is 0 Å². The number of aromatic nitrogens is 1. The van der Waals surface area contributed by atoms with E-state index in [0.29, 0.717) is 11.3 Å². The van der Waals surface area contributed by atoms with E-state index in [2.05, 4.69) is 10.3 Å². The molecule has 0 spiro atoms. The van der Waals surface area contributed by atoms with Crippen molar-refractivity contribution in [3.8, 4) is 0 Å². The number of anilines is 1. The molecule has 1 N–H and O–H groups in total. The molecule has 2 aromatic heterocycles. The highest BCUT2D eigenvalue weighted by molar-refractivity contribution is 6.11. The number of hydrogen-bond acceptors (Lipinski definition) is 4. The van der Waals surface area contributed by atoms with Gasteiger partial charge in [0, 0.05) is 30.6 Å². The van der Waals surface area contributed by atoms with Crippen molar-refractivity contribution in [3.05, 3.63) is 60.1 Å². The SMILES string of the molecule is CC(=O)c1oc2ccccc2c1NC(=O)[C@H]1C[C@@H]1c1cccnc1. The summed E-state index contributed by atoms with van der Waals surface area (Å²) in [6.07, 6.45) is 4.31. The number of hydrogen-bond donors (Lipinski definition) is 1. The number of benzene rings is 1. The smallest absolute Gasteiger partial charge is 0.228 e. The second kappa shape index (κ2) is 5.60. The van der Waals surface area contributed by atoms with Crippen LogP contribution < -0.4 is 5.32 Å². The van der Waals surface area contributed by atoms with Crippen LogP contribution >= 0.6 is 0 Å². The van der Waals surface area contributed by atoms with Gasteiger partial charge in [0.05, 0.1) is 5.69 Å². The molecule has 1 aromatic carbocycles. The molecular weight excluding hydrogens is 304 g/mol. The molecule has 1 fully saturated rings. The normalized spacial score (nSPS) is 19.2. The highest BCUT2D eigenvalue weighted by Gasteiger charge is 2.44. The summed E-state index contributed by atoms with van der Waals surface area (Å²) in [7, 11) is 0. The third-order valence-corrected chi connectivity index (χ3v) is 4.40. The van der Waals surface area contributed by atoms with Crippen molar-refractivity contribution in [2.45, 2.75) is 19.3 Å². The third-order valence-electron chi connectivity index (χ3n) is 4.40. The van der Waals surface area contributed by atoms with E-state index in [9.17, 15) is 9.59 Å². The number of rotatable bonds is 4. The average Bonchev–Trinajstić information content (AvgIpc) is 3.32. The van der Waals surface area contributed by atoms with Crippen LogP contribution in [-0.4, -0.2) is 16.7 Å². The highest BCUT2D eigenvalue weighted by Crippen LogP contribution is 2.48. The molecule has 2 atom stereocenters. The number of carbonyl (C=O) groups excluding carboxylic acids is 2. The van der Waals surface area contributed by atoms with Gasteiger partial charge in [-0.15, -0.1) is 0 Å². The number of Topliss-reactive ketones (excluding diaryl/α,β-unsaturated/α-hetero) is 1. The van der Waals surface area contributed by atoms with Crippen molar-refractivity contribution in [1.82, 2.24) is 4.98 Å². The maximum atomic E-state index is 12.6. The Balaban J connectivity index is 1.60. The summed E-state index contributed by atoms with van der Waals surface area (Å²) in [5.74, 6) is 0.00227. The summed E-state index contributed by atoms with van der Waals surface area (Å²) in [5.41, 5.74) is 2.14. The van der Waals surface area contributed by atoms with Gasteiger partial charge in [-0.1, -0.05) is 18.2 Å². The van der Waals surface area contributed by atoms with E-state index >= 15 is 0 Å². The zero-order valence-electron chi connectivity index (χ0n) is 13.2. The van der Waals surface area contributed by atoms with Crippen LogP contribution in [0.15, 0.2) is 53.2 Å². The van der Waals surface area contributed by atoms with Gasteiger partial charge in [-0.3, -0.25) is 14.6 Å². The first kappa shape index (κ1) is 14.6. The molecule has 1 aliphatic carbocycles. The van der Waals surface area contributed by atoms with Crippen molar-refractivity contribution in [3.63, 3.8) is 0 Å². The van der Waals surface area contributed by atoms with Gasteiger partial charge in [-0.05, 0) is 36.1 Å². The van der Waals surface area contributed by atoms with Crippen molar-refractivity contribution >= 4 is 28.3 Å². The highest BCUT2D eigenvalue weighted by atomic mass is 16.3. The van der Waals surface area contributed by atoms with Crippen molar-refractivity contribution in [2.24, 2.45) is 5.92 Å². The summed E-state index contributed by atoms with van der Waals surface area (Å²) in [6.45, 7) is 1.43. The maximum Gasteiger partial charge on any atom is 0.228 e. The number of carbonyl (C=O) groups is 2. The number of nitrogens with zero attached hydrogens (tertiary/aromatic N) is 1. The van der Waals surface area contributed by atoms with E-state index in [4.69, 9.17) is 4.42 Å². The van der Waals surface area contributed by atoms with Crippen LogP contribution in [0.1, 0.15) is 35.4 Å². The molecule has 0 unspecified atom stereocenters. The Morgan fingerprint density at radius 2 is 2.04 bits per heavy atom. The maximum absolute atomic E-state index is 12.6. The number of para-hydroxylation sites is 1. The van der Waals surface area contributed by atoms with Crippen LogP contribution in [0.5, 0.6) is 0 Å². The molecule has 4 rings (SSSR count). The molecular formula is C19H16N2O3. The molecule has 24 heavy (non-hydrogen) atoms. The lowest BCUT2D eigenvalue weighted by atomic mass is 10.1. The van der Waals surface area contributed by atoms with Crippen LogP contribution in [0.3, 0.4) is 0 Å². The van der Waals surface area contributed by atoms with E-state index in [1.165, 1.54) is 6.92 Å². The van der Waals surface area contributed by atoms with Crippen molar-refractivity contribution in [2.75, 3.05) is 5.32 Å². The number of pyridine rings is 1. The average molecular weight is 320 g/mol. The summed E-state index contributed by atoms with van der Waals surface area (Å²) < 4.78 is 5.60. The van der Waals surface area contributed by atoms with Gasteiger partial charge in [0.15, 0.2) is 11.5 Å². The Morgan fingerprint density at radius 3 is 2.79 bits per heavy atom. The predicted molar refractivity (Wildman–Crippen MR) is 89.9 cm³/mol. The first-order chi connectivity index (χ1) is 11.6. The Morgan fingerprint density at radius 1 is 1.21 bits per heavy atom. The summed E-state index contributed by atoms with van der Waals surface area (Å²) in [4.78, 5) is 28.5. The third kappa shape index (κ3) is 2.48. The molecule has 5 heteroatoms. The topological polar surface area (TPSA) is 72.2 Å². The summed E-state index contributed by atoms with van der Waals surface area (Å²) in [5, 5.41) is 3.65. The zero-order valence-corrected chi connectivity index (χ0v) is 13.2. The standard InChI is InChI=1S/C19H16N2O3/c1-11(22)18-17(13-6-2-3-7-16(13)24-18)21-19(23)15-9-14(15)12-5-4-8-20-10-12/h2-8,10,14-15H,9H2,1H3,(H,21,23)/t14-,15+/m1/s1. The van der Waals surface area contributed by atoms with Crippen LogP contribution in [0, 0.1) is 5.92 Å². The summed E-state index contributed by atoms with van der Waals surface area (Å²) >= 11 is 0. The van der Waals surface area contributed by atoms with Crippen LogP contribution in [-0.2, 0) is 4.79 Å². The molecule has 0 aliphatic heterocycles. The van der Waals surface area contributed by atoms with Crippen LogP contribution in [0.2, 0.25) is 0 Å². The molecule has 1 aliphatic rings. The largest absolute Gasteiger partial charge is 0.451 e. The second-order valence-electron chi connectivity index (χ2n) is 6.08. The lowest BCUT2D eigenvalue weighted by molar-refractivity contribution is -0.117. The van der Waals surface area contributed by atoms with Crippen molar-refractivity contribution in [1.29, 1.82) is 0 Å². The van der Waals surface area contributed by atoms with Crippen LogP contribution in [0.25, 0.3) is 11.0 Å². The van der Waals surface area contributed by atoms with Gasteiger partial charge in [0.1, 0.15) is 5.58 Å². The molecule has 1 saturated carbocycles. The predicted octanol–water partition coefficient (Wildman–Crippen LogP) is 3.77. The van der Waals surface area contributed by atoms with Gasteiger partial charge in [0.25, 0.3) is 0 Å². The van der Waals surface area contributed by atoms with E-state index in [0.717, 1.165) is 17.4 Å². The van der Waals surface area contributed by atoms with Gasteiger partial charge in [-0.25, -0.2) is 0 Å². The molecule has 1 amide bonds. The Kier molecular flexibility index (Phi) is 3.41. The first-order valence-corrected chi connectivity index (χ1v) is 7.88. The molecule has 3 aromatic rings. The minimum absolute atomic E-state index is 0.0853. The van der Waals surface area contributed by atoms with Crippen molar-refractivity contribution < 1.29 is 14.0 Å². The number of amides is 1. The van der Waals surface area contributed by atoms with Crippen LogP contribution in [0.4, 0.5) is 5.69 Å². The zero-order chi connectivity index (χ0) is 16.7. The lowest BCUT2D eigenvalue weighted by Gasteiger charge is -2.05. The van der Waals surface area contributed by atoms with E-state index in [1.54, 1.807) is 18.5 Å². The second-order valence-corrected chi connectivity index (χ2v) is 6.08. The summed E-state index contributed by atoms with van der Waals surface area (Å²) in [6, 6.07) is 11.2.